The lowest BCUT2D eigenvalue weighted by atomic mass is 9.85. The first-order valence-corrected chi connectivity index (χ1v) is 8.93. The van der Waals surface area contributed by atoms with E-state index in [4.69, 9.17) is 0 Å². The summed E-state index contributed by atoms with van der Waals surface area (Å²) in [6.45, 7) is 17.2. The van der Waals surface area contributed by atoms with Crippen molar-refractivity contribution in [3.05, 3.63) is 76.9 Å². The van der Waals surface area contributed by atoms with Gasteiger partial charge < -0.3 is 0 Å². The predicted octanol–water partition coefficient (Wildman–Crippen LogP) is 7.25. The lowest BCUT2D eigenvalue weighted by Crippen LogP contribution is -1.99. The van der Waals surface area contributed by atoms with Crippen molar-refractivity contribution in [2.75, 3.05) is 0 Å². The Morgan fingerprint density at radius 1 is 1.12 bits per heavy atom. The van der Waals surface area contributed by atoms with Crippen molar-refractivity contribution in [3.8, 4) is 11.1 Å². The lowest BCUT2D eigenvalue weighted by molar-refractivity contribution is 0.952. The fraction of sp³-hybridized carbons (Fsp3) is 0.333. The zero-order valence-corrected chi connectivity index (χ0v) is 16.0. The number of hydrogen-bond donors (Lipinski definition) is 0. The van der Waals surface area contributed by atoms with E-state index in [-0.39, 0.29) is 0 Å². The summed E-state index contributed by atoms with van der Waals surface area (Å²) in [6, 6.07) is 11.4. The second-order valence-corrected chi connectivity index (χ2v) is 6.71. The van der Waals surface area contributed by atoms with Gasteiger partial charge in [-0.1, -0.05) is 56.3 Å². The van der Waals surface area contributed by atoms with E-state index in [9.17, 15) is 0 Å². The zero-order chi connectivity index (χ0) is 17.9. The molecule has 2 aromatic carbocycles. The topological polar surface area (TPSA) is 0 Å². The van der Waals surface area contributed by atoms with Gasteiger partial charge in [0.05, 0.1) is 0 Å². The molecule has 0 bridgehead atoms. The summed E-state index contributed by atoms with van der Waals surface area (Å²) in [4.78, 5) is 0. The molecule has 0 aromatic heterocycles. The summed E-state index contributed by atoms with van der Waals surface area (Å²) in [5.41, 5.74) is 11.0. The Labute approximate surface area is 147 Å². The summed E-state index contributed by atoms with van der Waals surface area (Å²) in [6.07, 6.45) is 5.26. The Morgan fingerprint density at radius 2 is 1.83 bits per heavy atom. The van der Waals surface area contributed by atoms with Crippen molar-refractivity contribution in [2.24, 2.45) is 0 Å². The van der Waals surface area contributed by atoms with Crippen molar-refractivity contribution in [1.82, 2.24) is 0 Å². The van der Waals surface area contributed by atoms with Gasteiger partial charge >= 0.3 is 0 Å². The largest absolute Gasteiger partial charge is 0.102 e. The van der Waals surface area contributed by atoms with E-state index < -0.39 is 0 Å². The Hall–Kier alpha value is -2.08. The first-order valence-electron chi connectivity index (χ1n) is 8.93. The van der Waals surface area contributed by atoms with E-state index in [1.54, 1.807) is 0 Å². The van der Waals surface area contributed by atoms with Crippen LogP contribution in [0.4, 0.5) is 0 Å². The van der Waals surface area contributed by atoms with Crippen molar-refractivity contribution < 1.29 is 0 Å². The maximum Gasteiger partial charge on any atom is -0.00104 e. The zero-order valence-electron chi connectivity index (χ0n) is 16.0. The maximum atomic E-state index is 3.95. The fourth-order valence-corrected chi connectivity index (χ4v) is 3.49. The Balaban J connectivity index is 2.69. The highest BCUT2D eigenvalue weighted by molar-refractivity contribution is 5.79. The van der Waals surface area contributed by atoms with Crippen LogP contribution in [0.3, 0.4) is 0 Å². The molecule has 0 spiro atoms. The van der Waals surface area contributed by atoms with Crippen molar-refractivity contribution in [2.45, 2.75) is 53.9 Å². The van der Waals surface area contributed by atoms with Crippen LogP contribution in [0.25, 0.3) is 16.7 Å². The molecule has 0 aliphatic rings. The van der Waals surface area contributed by atoms with E-state index in [1.165, 1.54) is 44.5 Å². The molecule has 0 nitrogen and oxygen atoms in total. The molecule has 126 valence electrons. The van der Waals surface area contributed by atoms with Gasteiger partial charge in [0.2, 0.25) is 0 Å². The molecule has 0 N–H and O–H groups in total. The van der Waals surface area contributed by atoms with Gasteiger partial charge in [-0.2, -0.15) is 0 Å². The molecule has 2 rings (SSSR count). The third-order valence-electron chi connectivity index (χ3n) is 5.13. The van der Waals surface area contributed by atoms with E-state index in [0.717, 1.165) is 6.42 Å². The van der Waals surface area contributed by atoms with Crippen LogP contribution in [0.15, 0.2) is 49.1 Å². The lowest BCUT2D eigenvalue weighted by Gasteiger charge is -2.19. The summed E-state index contributed by atoms with van der Waals surface area (Å²) >= 11 is 0. The van der Waals surface area contributed by atoms with E-state index in [0.29, 0.717) is 5.92 Å². The predicted molar refractivity (Wildman–Crippen MR) is 109 cm³/mol. The molecule has 0 amide bonds. The summed E-state index contributed by atoms with van der Waals surface area (Å²) in [5, 5.41) is 0. The molecule has 0 fully saturated rings. The molecule has 0 radical (unpaired) electrons. The van der Waals surface area contributed by atoms with E-state index in [1.807, 2.05) is 6.08 Å². The van der Waals surface area contributed by atoms with Crippen LogP contribution < -0.4 is 0 Å². The van der Waals surface area contributed by atoms with Gasteiger partial charge in [-0.05, 0) is 84.6 Å². The molecule has 24 heavy (non-hydrogen) atoms. The molecular formula is C24H30. The summed E-state index contributed by atoms with van der Waals surface area (Å²) < 4.78 is 0. The van der Waals surface area contributed by atoms with Crippen LogP contribution in [0, 0.1) is 13.8 Å². The van der Waals surface area contributed by atoms with Crippen LogP contribution in [0.1, 0.15) is 61.4 Å². The fourth-order valence-electron chi connectivity index (χ4n) is 3.49. The average molecular weight is 319 g/mol. The van der Waals surface area contributed by atoms with Gasteiger partial charge in [0, 0.05) is 0 Å². The minimum Gasteiger partial charge on any atom is -0.102 e. The SMILES string of the molecule is C=CC(C)c1cc(C)c(-c2cccc(/C(C)=C\C)c2CC)cc1C. The second kappa shape index (κ2) is 7.66. The highest BCUT2D eigenvalue weighted by Gasteiger charge is 2.14. The van der Waals surface area contributed by atoms with Crippen molar-refractivity contribution in [3.63, 3.8) is 0 Å². The highest BCUT2D eigenvalue weighted by Crippen LogP contribution is 2.35. The molecular weight excluding hydrogens is 288 g/mol. The molecule has 0 saturated heterocycles. The summed E-state index contributed by atoms with van der Waals surface area (Å²) in [5.74, 6) is 0.389. The van der Waals surface area contributed by atoms with Crippen LogP contribution in [-0.4, -0.2) is 0 Å². The average Bonchev–Trinajstić information content (AvgIpc) is 2.61. The normalized spacial score (nSPS) is 13.0. The Morgan fingerprint density at radius 3 is 2.42 bits per heavy atom. The quantitative estimate of drug-likeness (QED) is 0.509. The first-order chi connectivity index (χ1) is 11.4. The smallest absolute Gasteiger partial charge is 0.00104 e. The van der Waals surface area contributed by atoms with Crippen LogP contribution >= 0.6 is 0 Å². The van der Waals surface area contributed by atoms with Crippen molar-refractivity contribution >= 4 is 5.57 Å². The number of allylic oxidation sites excluding steroid dienone is 3. The van der Waals surface area contributed by atoms with Crippen LogP contribution in [0.2, 0.25) is 0 Å². The van der Waals surface area contributed by atoms with Crippen molar-refractivity contribution in [1.29, 1.82) is 0 Å². The third kappa shape index (κ3) is 3.38. The molecule has 2 aromatic rings. The first kappa shape index (κ1) is 18.3. The van der Waals surface area contributed by atoms with E-state index in [2.05, 4.69) is 84.5 Å². The van der Waals surface area contributed by atoms with Gasteiger partial charge in [0.25, 0.3) is 0 Å². The molecule has 0 aliphatic carbocycles. The van der Waals surface area contributed by atoms with Crippen LogP contribution in [-0.2, 0) is 6.42 Å². The van der Waals surface area contributed by atoms with Gasteiger partial charge in [0.1, 0.15) is 0 Å². The Bertz CT molecular complexity index is 775. The van der Waals surface area contributed by atoms with Gasteiger partial charge in [-0.15, -0.1) is 6.58 Å². The number of aryl methyl sites for hydroxylation is 2. The minimum atomic E-state index is 0.389. The van der Waals surface area contributed by atoms with Gasteiger partial charge in [0.15, 0.2) is 0 Å². The third-order valence-corrected chi connectivity index (χ3v) is 5.13. The standard InChI is InChI=1S/C24H30/c1-8-16(4)21-12-11-13-22(20(21)10-3)24-15-18(6)23(14-19(24)7)17(5)9-2/h8-9,11-15,17H,2,10H2,1,3-7H3/b16-8-. The molecule has 1 unspecified atom stereocenters. The van der Waals surface area contributed by atoms with Gasteiger partial charge in [-0.3, -0.25) is 0 Å². The molecule has 0 heterocycles. The number of hydrogen-bond acceptors (Lipinski definition) is 0. The summed E-state index contributed by atoms with van der Waals surface area (Å²) in [7, 11) is 0. The molecule has 0 saturated carbocycles. The highest BCUT2D eigenvalue weighted by atomic mass is 14.2. The second-order valence-electron chi connectivity index (χ2n) is 6.71. The molecule has 1 atom stereocenters. The maximum absolute atomic E-state index is 3.95. The number of rotatable bonds is 5. The monoisotopic (exact) mass is 318 g/mol. The molecule has 0 aliphatic heterocycles. The Kier molecular flexibility index (Phi) is 5.83. The van der Waals surface area contributed by atoms with Crippen LogP contribution in [0.5, 0.6) is 0 Å². The molecule has 0 heteroatoms. The number of benzene rings is 2. The minimum absolute atomic E-state index is 0.389. The van der Waals surface area contributed by atoms with E-state index >= 15 is 0 Å². The van der Waals surface area contributed by atoms with Gasteiger partial charge in [-0.25, -0.2) is 0 Å².